The van der Waals surface area contributed by atoms with E-state index in [1.54, 1.807) is 33.1 Å². The lowest BCUT2D eigenvalue weighted by molar-refractivity contribution is -0.120. The number of nitrogens with one attached hydrogen (secondary N) is 2. The van der Waals surface area contributed by atoms with Crippen LogP contribution in [0, 0.1) is 0 Å². The molecule has 0 atom stereocenters. The fraction of sp³-hybridized carbons (Fsp3) is 0.350. The van der Waals surface area contributed by atoms with E-state index in [1.165, 1.54) is 0 Å². The molecule has 0 unspecified atom stereocenters. The van der Waals surface area contributed by atoms with Crippen molar-refractivity contribution in [3.8, 4) is 5.75 Å². The molecule has 27 heavy (non-hydrogen) atoms. The normalized spacial score (nSPS) is 11.4. The topological polar surface area (TPSA) is 84.5 Å². The molecule has 146 valence electrons. The van der Waals surface area contributed by atoms with Gasteiger partial charge in [-0.25, -0.2) is 13.1 Å². The second-order valence-electron chi connectivity index (χ2n) is 6.65. The molecule has 0 aliphatic rings. The predicted molar refractivity (Wildman–Crippen MR) is 106 cm³/mol. The highest BCUT2D eigenvalue weighted by molar-refractivity contribution is 7.88. The van der Waals surface area contributed by atoms with Crippen molar-refractivity contribution in [3.05, 3.63) is 65.2 Å². The second kappa shape index (κ2) is 9.53. The van der Waals surface area contributed by atoms with Gasteiger partial charge in [0.15, 0.2) is 0 Å². The summed E-state index contributed by atoms with van der Waals surface area (Å²) in [6.07, 6.45) is 0.293. The van der Waals surface area contributed by atoms with E-state index in [0.717, 1.165) is 16.9 Å². The van der Waals surface area contributed by atoms with Gasteiger partial charge in [0.25, 0.3) is 0 Å². The Hall–Kier alpha value is -2.38. The molecule has 0 aliphatic heterocycles. The Balaban J connectivity index is 1.84. The van der Waals surface area contributed by atoms with Crippen molar-refractivity contribution in [2.45, 2.75) is 38.6 Å². The van der Waals surface area contributed by atoms with Crippen LogP contribution in [-0.4, -0.2) is 27.5 Å². The van der Waals surface area contributed by atoms with Crippen LogP contribution in [0.1, 0.15) is 30.5 Å². The molecule has 0 bridgehead atoms. The number of hydrogen-bond donors (Lipinski definition) is 2. The van der Waals surface area contributed by atoms with Gasteiger partial charge in [0, 0.05) is 12.6 Å². The van der Waals surface area contributed by atoms with Gasteiger partial charge in [0.05, 0.1) is 19.3 Å². The number of sulfonamides is 1. The zero-order valence-corrected chi connectivity index (χ0v) is 16.7. The van der Waals surface area contributed by atoms with Crippen LogP contribution in [0.2, 0.25) is 0 Å². The molecule has 0 fully saturated rings. The Kier molecular flexibility index (Phi) is 7.38. The molecule has 0 saturated carbocycles. The van der Waals surface area contributed by atoms with Gasteiger partial charge in [-0.15, -0.1) is 0 Å². The largest absolute Gasteiger partial charge is 0.497 e. The van der Waals surface area contributed by atoms with Gasteiger partial charge in [-0.1, -0.05) is 36.4 Å². The monoisotopic (exact) mass is 390 g/mol. The molecule has 0 aliphatic carbocycles. The van der Waals surface area contributed by atoms with Crippen LogP contribution in [0.4, 0.5) is 0 Å². The van der Waals surface area contributed by atoms with Gasteiger partial charge in [0.1, 0.15) is 5.75 Å². The number of amides is 1. The molecular weight excluding hydrogens is 364 g/mol. The lowest BCUT2D eigenvalue weighted by Crippen LogP contribution is -2.31. The summed E-state index contributed by atoms with van der Waals surface area (Å²) >= 11 is 0. The average Bonchev–Trinajstić information content (AvgIpc) is 2.60. The van der Waals surface area contributed by atoms with Crippen molar-refractivity contribution < 1.29 is 17.9 Å². The highest BCUT2D eigenvalue weighted by Gasteiger charge is 2.12. The summed E-state index contributed by atoms with van der Waals surface area (Å²) in [6.45, 7) is 3.97. The van der Waals surface area contributed by atoms with Crippen molar-refractivity contribution in [2.75, 3.05) is 7.11 Å². The predicted octanol–water partition coefficient (Wildman–Crippen LogP) is 2.38. The number of rotatable bonds is 9. The summed E-state index contributed by atoms with van der Waals surface area (Å²) < 4.78 is 31.6. The minimum absolute atomic E-state index is 0.0602. The first-order chi connectivity index (χ1) is 12.8. The average molecular weight is 391 g/mol. The molecule has 6 nitrogen and oxygen atoms in total. The lowest BCUT2D eigenvalue weighted by Gasteiger charge is -2.10. The van der Waals surface area contributed by atoms with Crippen LogP contribution in [0.3, 0.4) is 0 Å². The van der Waals surface area contributed by atoms with Gasteiger partial charge in [-0.3, -0.25) is 4.79 Å². The van der Waals surface area contributed by atoms with E-state index < -0.39 is 10.0 Å². The molecule has 2 N–H and O–H groups in total. The van der Waals surface area contributed by atoms with Crippen LogP contribution in [0.25, 0.3) is 0 Å². The van der Waals surface area contributed by atoms with Crippen molar-refractivity contribution in [1.82, 2.24) is 10.0 Å². The summed E-state index contributed by atoms with van der Waals surface area (Å²) in [6, 6.07) is 14.4. The smallest absolute Gasteiger partial charge is 0.224 e. The first-order valence-electron chi connectivity index (χ1n) is 8.75. The van der Waals surface area contributed by atoms with E-state index >= 15 is 0 Å². The molecule has 2 aromatic carbocycles. The van der Waals surface area contributed by atoms with Gasteiger partial charge >= 0.3 is 0 Å². The van der Waals surface area contributed by atoms with E-state index in [-0.39, 0.29) is 17.7 Å². The van der Waals surface area contributed by atoms with Crippen LogP contribution >= 0.6 is 0 Å². The van der Waals surface area contributed by atoms with Crippen LogP contribution in [0.5, 0.6) is 5.75 Å². The molecule has 1 amide bonds. The molecule has 7 heteroatoms. The van der Waals surface area contributed by atoms with Crippen LogP contribution < -0.4 is 14.8 Å². The SMILES string of the molecule is COc1ccc(CC(=O)NCc2ccc(CS(=O)(=O)NC(C)C)cc2)cc1. The highest BCUT2D eigenvalue weighted by Crippen LogP contribution is 2.12. The van der Waals surface area contributed by atoms with Gasteiger partial charge in [-0.05, 0) is 42.7 Å². The van der Waals surface area contributed by atoms with Crippen LogP contribution in [0.15, 0.2) is 48.5 Å². The summed E-state index contributed by atoms with van der Waals surface area (Å²) in [7, 11) is -1.74. The van der Waals surface area contributed by atoms with E-state index in [2.05, 4.69) is 10.0 Å². The standard InChI is InChI=1S/C20H26N2O4S/c1-15(2)22-27(24,25)14-18-6-4-17(5-7-18)13-21-20(23)12-16-8-10-19(26-3)11-9-16/h4-11,15,22H,12-14H2,1-3H3,(H,21,23). The molecule has 0 spiro atoms. The fourth-order valence-electron chi connectivity index (χ4n) is 2.57. The first-order valence-corrected chi connectivity index (χ1v) is 10.4. The summed E-state index contributed by atoms with van der Waals surface area (Å²) in [4.78, 5) is 12.1. The molecule has 0 aromatic heterocycles. The highest BCUT2D eigenvalue weighted by atomic mass is 32.2. The lowest BCUT2D eigenvalue weighted by atomic mass is 10.1. The molecule has 2 aromatic rings. The fourth-order valence-corrected chi connectivity index (χ4v) is 4.00. The third-order valence-corrected chi connectivity index (χ3v) is 5.35. The first kappa shape index (κ1) is 20.9. The van der Waals surface area contributed by atoms with Gasteiger partial charge < -0.3 is 10.1 Å². The Morgan fingerprint density at radius 1 is 0.963 bits per heavy atom. The quantitative estimate of drug-likeness (QED) is 0.689. The Bertz CT molecular complexity index is 845. The Morgan fingerprint density at radius 2 is 1.52 bits per heavy atom. The molecular formula is C20H26N2O4S. The van der Waals surface area contributed by atoms with E-state index in [4.69, 9.17) is 4.74 Å². The summed E-state index contributed by atoms with van der Waals surface area (Å²) in [5.74, 6) is 0.618. The maximum Gasteiger partial charge on any atom is 0.224 e. The van der Waals surface area contributed by atoms with Crippen molar-refractivity contribution in [1.29, 1.82) is 0 Å². The maximum atomic E-state index is 12.1. The van der Waals surface area contributed by atoms with Gasteiger partial charge in [0.2, 0.25) is 15.9 Å². The van der Waals surface area contributed by atoms with E-state index in [0.29, 0.717) is 18.5 Å². The van der Waals surface area contributed by atoms with Crippen LogP contribution in [-0.2, 0) is 33.5 Å². The summed E-state index contributed by atoms with van der Waals surface area (Å²) in [5.41, 5.74) is 2.53. The molecule has 0 radical (unpaired) electrons. The third-order valence-electron chi connectivity index (χ3n) is 3.81. The third kappa shape index (κ3) is 7.40. The minimum Gasteiger partial charge on any atom is -0.497 e. The van der Waals surface area contributed by atoms with E-state index in [1.807, 2.05) is 36.4 Å². The number of benzene rings is 2. The number of carbonyl (C=O) groups is 1. The number of hydrogen-bond acceptors (Lipinski definition) is 4. The Labute approximate surface area is 161 Å². The molecule has 2 rings (SSSR count). The van der Waals surface area contributed by atoms with Crippen molar-refractivity contribution in [2.24, 2.45) is 0 Å². The molecule has 0 heterocycles. The minimum atomic E-state index is -3.34. The number of carbonyl (C=O) groups excluding carboxylic acids is 1. The number of ether oxygens (including phenoxy) is 1. The summed E-state index contributed by atoms with van der Waals surface area (Å²) in [5, 5.41) is 2.87. The zero-order valence-electron chi connectivity index (χ0n) is 15.9. The van der Waals surface area contributed by atoms with Crippen molar-refractivity contribution >= 4 is 15.9 Å². The Morgan fingerprint density at radius 3 is 2.07 bits per heavy atom. The molecule has 0 saturated heterocycles. The van der Waals surface area contributed by atoms with Gasteiger partial charge in [-0.2, -0.15) is 0 Å². The second-order valence-corrected chi connectivity index (χ2v) is 8.40. The maximum absolute atomic E-state index is 12.1. The van der Waals surface area contributed by atoms with Crippen molar-refractivity contribution in [3.63, 3.8) is 0 Å². The number of methoxy groups -OCH3 is 1. The van der Waals surface area contributed by atoms with E-state index in [9.17, 15) is 13.2 Å². The zero-order chi connectivity index (χ0) is 19.9.